The van der Waals surface area contributed by atoms with Crippen LogP contribution in [0.3, 0.4) is 0 Å². The summed E-state index contributed by atoms with van der Waals surface area (Å²) in [6.45, 7) is 5.94. The van der Waals surface area contributed by atoms with Crippen molar-refractivity contribution in [1.29, 1.82) is 0 Å². The van der Waals surface area contributed by atoms with Crippen LogP contribution in [0.4, 0.5) is 13.2 Å². The molecule has 3 N–H and O–H groups in total. The van der Waals surface area contributed by atoms with Crippen molar-refractivity contribution in [3.05, 3.63) is 29.8 Å². The summed E-state index contributed by atoms with van der Waals surface area (Å²) in [5.41, 5.74) is 4.70. The zero-order chi connectivity index (χ0) is 17.0. The standard InChI is InChI=1S/C15H21F3N2O2.ClH/c1-14(2,3)12(19)13(21)20-8-9-22-11-6-4-10(5-7-11)15(16,17)18;/h4-7,12H,8-9,19H2,1-3H3,(H,20,21);1H/t12-;/m1./s1. The first-order chi connectivity index (χ1) is 10.0. The fourth-order valence-corrected chi connectivity index (χ4v) is 1.59. The average Bonchev–Trinajstić information content (AvgIpc) is 2.41. The Morgan fingerprint density at radius 1 is 1.22 bits per heavy atom. The van der Waals surface area contributed by atoms with Crippen LogP contribution in [0.5, 0.6) is 5.75 Å². The lowest BCUT2D eigenvalue weighted by Crippen LogP contribution is -2.49. The van der Waals surface area contributed by atoms with Crippen molar-refractivity contribution in [2.45, 2.75) is 33.0 Å². The van der Waals surface area contributed by atoms with E-state index in [1.54, 1.807) is 0 Å². The molecule has 0 fully saturated rings. The maximum Gasteiger partial charge on any atom is 0.416 e. The molecule has 1 aromatic carbocycles. The molecule has 1 aromatic rings. The molecule has 0 heterocycles. The molecular weight excluding hydrogens is 333 g/mol. The fourth-order valence-electron chi connectivity index (χ4n) is 1.59. The number of amides is 1. The molecule has 0 saturated carbocycles. The molecule has 0 unspecified atom stereocenters. The lowest BCUT2D eigenvalue weighted by Gasteiger charge is -2.25. The molecule has 132 valence electrons. The van der Waals surface area contributed by atoms with Crippen LogP contribution in [0.25, 0.3) is 0 Å². The molecule has 0 aromatic heterocycles. The Balaban J connectivity index is 0.00000484. The number of carbonyl (C=O) groups excluding carboxylic acids is 1. The first-order valence-corrected chi connectivity index (χ1v) is 6.85. The first-order valence-electron chi connectivity index (χ1n) is 6.85. The monoisotopic (exact) mass is 354 g/mol. The number of alkyl halides is 3. The van der Waals surface area contributed by atoms with Gasteiger partial charge in [-0.05, 0) is 29.7 Å². The zero-order valence-electron chi connectivity index (χ0n) is 13.2. The minimum atomic E-state index is -4.37. The van der Waals surface area contributed by atoms with Gasteiger partial charge in [-0.25, -0.2) is 0 Å². The normalized spacial score (nSPS) is 13.0. The van der Waals surface area contributed by atoms with E-state index in [2.05, 4.69) is 5.32 Å². The first kappa shape index (κ1) is 21.5. The molecule has 0 aliphatic rings. The van der Waals surface area contributed by atoms with Gasteiger partial charge in [0.15, 0.2) is 0 Å². The molecule has 0 aliphatic heterocycles. The topological polar surface area (TPSA) is 64.4 Å². The molecule has 4 nitrogen and oxygen atoms in total. The van der Waals surface area contributed by atoms with Crippen molar-refractivity contribution in [2.24, 2.45) is 11.1 Å². The SMILES string of the molecule is CC(C)(C)[C@H](N)C(=O)NCCOc1ccc(C(F)(F)F)cc1.Cl. The van der Waals surface area contributed by atoms with Gasteiger partial charge < -0.3 is 15.8 Å². The van der Waals surface area contributed by atoms with E-state index in [0.29, 0.717) is 5.75 Å². The Labute approximate surface area is 140 Å². The van der Waals surface area contributed by atoms with Gasteiger partial charge in [0.1, 0.15) is 12.4 Å². The van der Waals surface area contributed by atoms with Crippen molar-refractivity contribution >= 4 is 18.3 Å². The molecule has 0 aliphatic carbocycles. The zero-order valence-corrected chi connectivity index (χ0v) is 14.1. The molecule has 1 amide bonds. The summed E-state index contributed by atoms with van der Waals surface area (Å²) in [4.78, 5) is 11.7. The minimum Gasteiger partial charge on any atom is -0.492 e. The summed E-state index contributed by atoms with van der Waals surface area (Å²) in [6.07, 6.45) is -4.37. The molecular formula is C15H22ClF3N2O2. The number of rotatable bonds is 5. The van der Waals surface area contributed by atoms with Gasteiger partial charge in [0.25, 0.3) is 0 Å². The van der Waals surface area contributed by atoms with E-state index in [9.17, 15) is 18.0 Å². The quantitative estimate of drug-likeness (QED) is 0.799. The summed E-state index contributed by atoms with van der Waals surface area (Å²) in [7, 11) is 0. The summed E-state index contributed by atoms with van der Waals surface area (Å²) < 4.78 is 42.4. The second-order valence-electron chi connectivity index (χ2n) is 6.01. The van der Waals surface area contributed by atoms with Gasteiger partial charge in [-0.1, -0.05) is 20.8 Å². The maximum atomic E-state index is 12.4. The Bertz CT molecular complexity index is 499. The lowest BCUT2D eigenvalue weighted by molar-refractivity contribution is -0.137. The van der Waals surface area contributed by atoms with Crippen LogP contribution < -0.4 is 15.8 Å². The molecule has 0 spiro atoms. The Morgan fingerprint density at radius 2 is 1.74 bits per heavy atom. The molecule has 23 heavy (non-hydrogen) atoms. The van der Waals surface area contributed by atoms with Crippen LogP contribution in [-0.2, 0) is 11.0 Å². The third-order valence-electron chi connectivity index (χ3n) is 3.07. The highest BCUT2D eigenvalue weighted by Gasteiger charge is 2.30. The van der Waals surface area contributed by atoms with Crippen molar-refractivity contribution < 1.29 is 22.7 Å². The number of benzene rings is 1. The third kappa shape index (κ3) is 7.09. The maximum absolute atomic E-state index is 12.4. The number of ether oxygens (including phenoxy) is 1. The molecule has 8 heteroatoms. The van der Waals surface area contributed by atoms with Crippen molar-refractivity contribution in [1.82, 2.24) is 5.32 Å². The van der Waals surface area contributed by atoms with Crippen molar-refractivity contribution in [2.75, 3.05) is 13.2 Å². The largest absolute Gasteiger partial charge is 0.492 e. The molecule has 1 rings (SSSR count). The minimum absolute atomic E-state index is 0. The molecule has 1 atom stereocenters. The van der Waals surface area contributed by atoms with Crippen molar-refractivity contribution in [3.63, 3.8) is 0 Å². The van der Waals surface area contributed by atoms with E-state index < -0.39 is 17.8 Å². The fraction of sp³-hybridized carbons (Fsp3) is 0.533. The molecule has 0 radical (unpaired) electrons. The number of carbonyl (C=O) groups is 1. The van der Waals surface area contributed by atoms with Gasteiger partial charge >= 0.3 is 6.18 Å². The number of nitrogens with one attached hydrogen (secondary N) is 1. The number of hydrogen-bond donors (Lipinski definition) is 2. The van der Waals surface area contributed by atoms with Crippen LogP contribution in [0.15, 0.2) is 24.3 Å². The van der Waals surface area contributed by atoms with E-state index in [1.165, 1.54) is 12.1 Å². The van der Waals surface area contributed by atoms with Gasteiger partial charge in [-0.2, -0.15) is 13.2 Å². The number of nitrogens with two attached hydrogens (primary N) is 1. The van der Waals surface area contributed by atoms with Crippen LogP contribution in [0.1, 0.15) is 26.3 Å². The molecule has 0 bridgehead atoms. The summed E-state index contributed by atoms with van der Waals surface area (Å²) in [5, 5.41) is 2.63. The Kier molecular flexibility index (Phi) is 7.86. The number of hydrogen-bond acceptors (Lipinski definition) is 3. The predicted octanol–water partition coefficient (Wildman–Crippen LogP) is 3.00. The van der Waals surface area contributed by atoms with E-state index in [-0.39, 0.29) is 36.9 Å². The Hall–Kier alpha value is -1.47. The second-order valence-corrected chi connectivity index (χ2v) is 6.01. The van der Waals surface area contributed by atoms with Gasteiger partial charge in [-0.15, -0.1) is 12.4 Å². The van der Waals surface area contributed by atoms with Crippen LogP contribution in [0, 0.1) is 5.41 Å². The van der Waals surface area contributed by atoms with E-state index in [0.717, 1.165) is 12.1 Å². The Morgan fingerprint density at radius 3 is 2.17 bits per heavy atom. The van der Waals surface area contributed by atoms with E-state index in [4.69, 9.17) is 10.5 Å². The van der Waals surface area contributed by atoms with E-state index in [1.807, 2.05) is 20.8 Å². The molecule has 0 saturated heterocycles. The highest BCUT2D eigenvalue weighted by Crippen LogP contribution is 2.30. The van der Waals surface area contributed by atoms with E-state index >= 15 is 0 Å². The van der Waals surface area contributed by atoms with Crippen LogP contribution in [-0.4, -0.2) is 25.1 Å². The summed E-state index contributed by atoms with van der Waals surface area (Å²) in [5.74, 6) is 0.0193. The lowest BCUT2D eigenvalue weighted by atomic mass is 9.87. The predicted molar refractivity (Wildman–Crippen MR) is 84.6 cm³/mol. The summed E-state index contributed by atoms with van der Waals surface area (Å²) in [6, 6.07) is 3.74. The van der Waals surface area contributed by atoms with Gasteiger partial charge in [0, 0.05) is 0 Å². The number of halogens is 4. The van der Waals surface area contributed by atoms with Gasteiger partial charge in [-0.3, -0.25) is 4.79 Å². The average molecular weight is 355 g/mol. The van der Waals surface area contributed by atoms with Crippen LogP contribution in [0.2, 0.25) is 0 Å². The summed E-state index contributed by atoms with van der Waals surface area (Å²) >= 11 is 0. The van der Waals surface area contributed by atoms with Gasteiger partial charge in [0.05, 0.1) is 18.2 Å². The smallest absolute Gasteiger partial charge is 0.416 e. The van der Waals surface area contributed by atoms with Crippen LogP contribution >= 0.6 is 12.4 Å². The van der Waals surface area contributed by atoms with Gasteiger partial charge in [0.2, 0.25) is 5.91 Å². The highest BCUT2D eigenvalue weighted by molar-refractivity contribution is 5.85. The van der Waals surface area contributed by atoms with Crippen molar-refractivity contribution in [3.8, 4) is 5.75 Å². The highest BCUT2D eigenvalue weighted by atomic mass is 35.5. The second kappa shape index (κ2) is 8.40. The third-order valence-corrected chi connectivity index (χ3v) is 3.07.